The smallest absolute Gasteiger partial charge is 0.408 e. The van der Waals surface area contributed by atoms with Crippen LogP contribution in [0.15, 0.2) is 53.4 Å². The predicted octanol–water partition coefficient (Wildman–Crippen LogP) is 5.94. The number of rotatable bonds is 7. The molecule has 0 radical (unpaired) electrons. The van der Waals surface area contributed by atoms with Gasteiger partial charge >= 0.3 is 12.1 Å². The van der Waals surface area contributed by atoms with E-state index < -0.39 is 33.7 Å². The molecular weight excluding hydrogens is 568 g/mol. The Morgan fingerprint density at radius 3 is 2.19 bits per heavy atom. The van der Waals surface area contributed by atoms with Crippen LogP contribution >= 0.6 is 0 Å². The molecule has 0 fully saturated rings. The normalized spacial score (nSPS) is 12.5. The van der Waals surface area contributed by atoms with Gasteiger partial charge in [-0.05, 0) is 87.8 Å². The molecule has 1 atom stereocenters. The summed E-state index contributed by atoms with van der Waals surface area (Å²) in [6.45, 7) is 15.2. The van der Waals surface area contributed by atoms with Gasteiger partial charge < -0.3 is 15.2 Å². The first-order valence-electron chi connectivity index (χ1n) is 13.7. The largest absolute Gasteiger partial charge is 0.478 e. The third-order valence-electron chi connectivity index (χ3n) is 5.96. The number of hydrogen-bond acceptors (Lipinski definition) is 7. The summed E-state index contributed by atoms with van der Waals surface area (Å²) >= 11 is 0. The van der Waals surface area contributed by atoms with Gasteiger partial charge in [-0.3, -0.25) is 0 Å². The van der Waals surface area contributed by atoms with Crippen molar-refractivity contribution in [2.75, 3.05) is 4.72 Å². The molecule has 10 nitrogen and oxygen atoms in total. The van der Waals surface area contributed by atoms with E-state index in [2.05, 4.69) is 31.8 Å². The fourth-order valence-corrected chi connectivity index (χ4v) is 5.23. The number of carboxylic acids is 1. The number of hydrogen-bond donors (Lipinski definition) is 3. The Bertz CT molecular complexity index is 1670. The number of nitrogens with zero attached hydrogens (tertiary/aromatic N) is 2. The predicted molar refractivity (Wildman–Crippen MR) is 165 cm³/mol. The molecule has 3 rings (SSSR count). The Morgan fingerprint density at radius 1 is 0.977 bits per heavy atom. The van der Waals surface area contributed by atoms with E-state index in [0.29, 0.717) is 12.1 Å². The molecule has 0 aliphatic heterocycles. The van der Waals surface area contributed by atoms with E-state index in [-0.39, 0.29) is 27.5 Å². The SMILES string of the molecule is Cc1cccc(C)c1-c1cc(C#C[C@@H](CC(C)(C)C)NC(=O)OC(C)(C)C)nc(NS(=O)(=O)c2cccc(C(=O)O)c2)n1. The van der Waals surface area contributed by atoms with Crippen molar-refractivity contribution in [3.63, 3.8) is 0 Å². The standard InChI is InChI=1S/C32H38N4O6S/c1-20-11-9-12-21(2)27(20)26-18-23(15-16-24(19-31(3,4)5)34-30(39)42-32(6,7)8)33-29(35-26)36-43(40,41)25-14-10-13-22(17-25)28(37)38/h9-14,17-18,24H,19H2,1-8H3,(H,34,39)(H,37,38)(H,33,35,36)/t24-/m0/s1. The lowest BCUT2D eigenvalue weighted by atomic mass is 9.88. The quantitative estimate of drug-likeness (QED) is 0.280. The number of aryl methyl sites for hydroxylation is 2. The molecule has 0 unspecified atom stereocenters. The summed E-state index contributed by atoms with van der Waals surface area (Å²) in [5.74, 6) is 4.56. The zero-order chi connectivity index (χ0) is 32.2. The first-order valence-corrected chi connectivity index (χ1v) is 15.1. The van der Waals surface area contributed by atoms with Crippen LogP contribution in [0.2, 0.25) is 0 Å². The van der Waals surface area contributed by atoms with Crippen molar-refractivity contribution in [3.8, 4) is 23.1 Å². The van der Waals surface area contributed by atoms with E-state index in [1.165, 1.54) is 18.2 Å². The molecule has 0 saturated heterocycles. The third-order valence-corrected chi connectivity index (χ3v) is 7.29. The van der Waals surface area contributed by atoms with Gasteiger partial charge in [0.15, 0.2) is 0 Å². The molecular formula is C32H38N4O6S. The Balaban J connectivity index is 2.10. The number of anilines is 1. The molecule has 1 amide bonds. The van der Waals surface area contributed by atoms with Crippen molar-refractivity contribution < 1.29 is 27.9 Å². The number of alkyl carbamates (subject to hydrolysis) is 1. The second kappa shape index (κ2) is 12.8. The van der Waals surface area contributed by atoms with E-state index in [4.69, 9.17) is 4.74 Å². The van der Waals surface area contributed by atoms with Crippen LogP contribution in [0.25, 0.3) is 11.3 Å². The van der Waals surface area contributed by atoms with E-state index >= 15 is 0 Å². The van der Waals surface area contributed by atoms with E-state index in [9.17, 15) is 23.1 Å². The highest BCUT2D eigenvalue weighted by Gasteiger charge is 2.23. The maximum atomic E-state index is 13.2. The maximum Gasteiger partial charge on any atom is 0.408 e. The van der Waals surface area contributed by atoms with Gasteiger partial charge in [-0.15, -0.1) is 0 Å². The average molecular weight is 607 g/mol. The summed E-state index contributed by atoms with van der Waals surface area (Å²) < 4.78 is 34.3. The molecule has 3 aromatic rings. The maximum absolute atomic E-state index is 13.2. The molecule has 0 aliphatic rings. The average Bonchev–Trinajstić information content (AvgIpc) is 2.85. The summed E-state index contributed by atoms with van der Waals surface area (Å²) in [6, 6.07) is 11.8. The van der Waals surface area contributed by atoms with Crippen molar-refractivity contribution in [3.05, 3.63) is 70.9 Å². The molecule has 0 aliphatic carbocycles. The van der Waals surface area contributed by atoms with E-state index in [1.807, 2.05) is 52.8 Å². The Morgan fingerprint density at radius 2 is 1.60 bits per heavy atom. The lowest BCUT2D eigenvalue weighted by Crippen LogP contribution is -2.40. The minimum Gasteiger partial charge on any atom is -0.478 e. The molecule has 1 heterocycles. The number of aromatic carboxylic acids is 1. The van der Waals surface area contributed by atoms with Gasteiger partial charge in [0.05, 0.1) is 22.2 Å². The van der Waals surface area contributed by atoms with Crippen LogP contribution in [0.3, 0.4) is 0 Å². The number of aromatic nitrogens is 2. The Kier molecular flexibility index (Phi) is 9.87. The van der Waals surface area contributed by atoms with Gasteiger partial charge in [0.25, 0.3) is 10.0 Å². The summed E-state index contributed by atoms with van der Waals surface area (Å²) in [5.41, 5.74) is 2.23. The van der Waals surface area contributed by atoms with Gasteiger partial charge in [0.1, 0.15) is 11.3 Å². The number of carboxylic acid groups (broad SMARTS) is 1. The summed E-state index contributed by atoms with van der Waals surface area (Å²) in [4.78, 5) is 32.6. The Hall–Kier alpha value is -4.43. The summed E-state index contributed by atoms with van der Waals surface area (Å²) in [6.07, 6.45) is -0.0972. The number of sulfonamides is 1. The number of amides is 1. The van der Waals surface area contributed by atoms with E-state index in [1.54, 1.807) is 26.8 Å². The van der Waals surface area contributed by atoms with Crippen LogP contribution in [0.4, 0.5) is 10.7 Å². The van der Waals surface area contributed by atoms with Crippen LogP contribution in [0.5, 0.6) is 0 Å². The van der Waals surface area contributed by atoms with Gasteiger partial charge in [-0.1, -0.05) is 51.0 Å². The van der Waals surface area contributed by atoms with E-state index in [0.717, 1.165) is 22.8 Å². The molecule has 228 valence electrons. The van der Waals surface area contributed by atoms with Crippen molar-refractivity contribution in [1.29, 1.82) is 0 Å². The fraction of sp³-hybridized carbons (Fsp3) is 0.375. The minimum atomic E-state index is -4.25. The van der Waals surface area contributed by atoms with Crippen LogP contribution < -0.4 is 10.0 Å². The van der Waals surface area contributed by atoms with Gasteiger partial charge in [-0.2, -0.15) is 0 Å². The first-order chi connectivity index (χ1) is 19.8. The lowest BCUT2D eigenvalue weighted by molar-refractivity contribution is 0.0507. The highest BCUT2D eigenvalue weighted by molar-refractivity contribution is 7.92. The molecule has 0 bridgehead atoms. The van der Waals surface area contributed by atoms with Crippen molar-refractivity contribution in [2.24, 2.45) is 5.41 Å². The topological polar surface area (TPSA) is 148 Å². The molecule has 2 aromatic carbocycles. The number of benzene rings is 2. The van der Waals surface area contributed by atoms with Crippen LogP contribution in [0, 0.1) is 31.1 Å². The zero-order valence-corrected chi connectivity index (χ0v) is 26.5. The van der Waals surface area contributed by atoms with Crippen LogP contribution in [0.1, 0.15) is 75.1 Å². The number of ether oxygens (including phenoxy) is 1. The minimum absolute atomic E-state index is 0.179. The van der Waals surface area contributed by atoms with Gasteiger partial charge in [0, 0.05) is 5.56 Å². The van der Waals surface area contributed by atoms with Gasteiger partial charge in [-0.25, -0.2) is 32.7 Å². The second-order valence-corrected chi connectivity index (χ2v) is 14.1. The monoisotopic (exact) mass is 606 g/mol. The van der Waals surface area contributed by atoms with Crippen LogP contribution in [-0.4, -0.2) is 47.2 Å². The third kappa shape index (κ3) is 9.82. The first kappa shape index (κ1) is 33.1. The molecule has 1 aromatic heterocycles. The van der Waals surface area contributed by atoms with Gasteiger partial charge in [0.2, 0.25) is 5.95 Å². The van der Waals surface area contributed by atoms with Crippen molar-refractivity contribution in [2.45, 2.75) is 78.3 Å². The number of carbonyl (C=O) groups is 2. The lowest BCUT2D eigenvalue weighted by Gasteiger charge is -2.25. The summed E-state index contributed by atoms with van der Waals surface area (Å²) in [5, 5.41) is 12.1. The zero-order valence-electron chi connectivity index (χ0n) is 25.7. The molecule has 43 heavy (non-hydrogen) atoms. The fourth-order valence-electron chi connectivity index (χ4n) is 4.24. The van der Waals surface area contributed by atoms with Crippen molar-refractivity contribution >= 4 is 28.0 Å². The Labute approximate surface area is 253 Å². The molecule has 11 heteroatoms. The highest BCUT2D eigenvalue weighted by Crippen LogP contribution is 2.28. The van der Waals surface area contributed by atoms with Crippen molar-refractivity contribution in [1.82, 2.24) is 15.3 Å². The number of carbonyl (C=O) groups excluding carboxylic acids is 1. The molecule has 0 saturated carbocycles. The summed E-state index contributed by atoms with van der Waals surface area (Å²) in [7, 11) is -4.25. The highest BCUT2D eigenvalue weighted by atomic mass is 32.2. The molecule has 3 N–H and O–H groups in total. The number of nitrogens with one attached hydrogen (secondary N) is 2. The molecule has 0 spiro atoms. The van der Waals surface area contributed by atoms with Crippen LogP contribution in [-0.2, 0) is 14.8 Å². The second-order valence-electron chi connectivity index (χ2n) is 12.4.